The Balaban J connectivity index is 2.85. The van der Waals surface area contributed by atoms with Gasteiger partial charge >= 0.3 is 0 Å². The Hall–Kier alpha value is -1.75. The molecule has 23 heavy (non-hydrogen) atoms. The first kappa shape index (κ1) is 19.3. The zero-order valence-corrected chi connectivity index (χ0v) is 15.2. The zero-order valence-electron chi connectivity index (χ0n) is 15.2. The molecule has 0 bridgehead atoms. The number of anilines is 2. The smallest absolute Gasteiger partial charge is 0.241 e. The van der Waals surface area contributed by atoms with Crippen LogP contribution in [0.4, 0.5) is 11.4 Å². The summed E-state index contributed by atoms with van der Waals surface area (Å²) in [6.07, 6.45) is 0. The van der Waals surface area contributed by atoms with Gasteiger partial charge in [0, 0.05) is 24.8 Å². The highest BCUT2D eigenvalue weighted by atomic mass is 16.5. The standard InChI is InChI=1S/C18H31N3O2/c1-12(2)10-21(11-13(3)4)14(5)18(22)20-16-8-7-15(19)9-17(16)23-6/h7-9,12-14H,10-11,19H2,1-6H3,(H,20,22). The number of hydrogen-bond acceptors (Lipinski definition) is 4. The van der Waals surface area contributed by atoms with Crippen LogP contribution in [0.5, 0.6) is 5.75 Å². The minimum absolute atomic E-state index is 0.0330. The molecule has 130 valence electrons. The van der Waals surface area contributed by atoms with Crippen LogP contribution in [0.1, 0.15) is 34.6 Å². The SMILES string of the molecule is COc1cc(N)ccc1NC(=O)C(C)N(CC(C)C)CC(C)C. The molecule has 0 aliphatic carbocycles. The zero-order chi connectivity index (χ0) is 17.6. The van der Waals surface area contributed by atoms with Gasteiger partial charge in [-0.15, -0.1) is 0 Å². The Morgan fingerprint density at radius 3 is 2.22 bits per heavy atom. The average molecular weight is 321 g/mol. The van der Waals surface area contributed by atoms with Crippen LogP contribution in [0.25, 0.3) is 0 Å². The number of nitrogens with two attached hydrogens (primary N) is 1. The molecule has 1 amide bonds. The van der Waals surface area contributed by atoms with Crippen LogP contribution in [-0.4, -0.2) is 37.0 Å². The predicted octanol–water partition coefficient (Wildman–Crippen LogP) is 3.22. The first-order chi connectivity index (χ1) is 10.7. The van der Waals surface area contributed by atoms with Crippen LogP contribution in [-0.2, 0) is 4.79 Å². The molecule has 0 radical (unpaired) electrons. The van der Waals surface area contributed by atoms with E-state index in [0.717, 1.165) is 13.1 Å². The molecule has 1 rings (SSSR count). The number of methoxy groups -OCH3 is 1. The van der Waals surface area contributed by atoms with Gasteiger partial charge < -0.3 is 15.8 Å². The van der Waals surface area contributed by atoms with Gasteiger partial charge in [-0.25, -0.2) is 0 Å². The van der Waals surface area contributed by atoms with E-state index in [0.29, 0.717) is 29.0 Å². The molecule has 1 atom stereocenters. The highest BCUT2D eigenvalue weighted by Crippen LogP contribution is 2.27. The highest BCUT2D eigenvalue weighted by molar-refractivity contribution is 5.96. The highest BCUT2D eigenvalue weighted by Gasteiger charge is 2.23. The van der Waals surface area contributed by atoms with Gasteiger partial charge in [-0.2, -0.15) is 0 Å². The maximum atomic E-state index is 12.6. The summed E-state index contributed by atoms with van der Waals surface area (Å²) in [4.78, 5) is 14.9. The van der Waals surface area contributed by atoms with Crippen molar-refractivity contribution in [1.82, 2.24) is 4.90 Å². The van der Waals surface area contributed by atoms with E-state index in [-0.39, 0.29) is 11.9 Å². The minimum atomic E-state index is -0.206. The average Bonchev–Trinajstić information content (AvgIpc) is 2.46. The molecule has 0 saturated carbocycles. The van der Waals surface area contributed by atoms with Crippen molar-refractivity contribution in [1.29, 1.82) is 0 Å². The monoisotopic (exact) mass is 321 g/mol. The van der Waals surface area contributed by atoms with Crippen molar-refractivity contribution in [3.63, 3.8) is 0 Å². The van der Waals surface area contributed by atoms with Crippen molar-refractivity contribution in [2.24, 2.45) is 11.8 Å². The fourth-order valence-electron chi connectivity index (χ4n) is 2.54. The van der Waals surface area contributed by atoms with Crippen molar-refractivity contribution in [3.8, 4) is 5.75 Å². The van der Waals surface area contributed by atoms with Gasteiger partial charge in [-0.3, -0.25) is 9.69 Å². The Morgan fingerprint density at radius 2 is 1.74 bits per heavy atom. The third-order valence-corrected chi connectivity index (χ3v) is 3.61. The fraction of sp³-hybridized carbons (Fsp3) is 0.611. The van der Waals surface area contributed by atoms with Crippen molar-refractivity contribution < 1.29 is 9.53 Å². The number of carbonyl (C=O) groups excluding carboxylic acids is 1. The lowest BCUT2D eigenvalue weighted by Crippen LogP contribution is -2.45. The lowest BCUT2D eigenvalue weighted by molar-refractivity contribution is -0.121. The first-order valence-corrected chi connectivity index (χ1v) is 8.23. The predicted molar refractivity (Wildman–Crippen MR) is 96.7 cm³/mol. The van der Waals surface area contributed by atoms with Crippen LogP contribution in [0.2, 0.25) is 0 Å². The number of rotatable bonds is 8. The summed E-state index contributed by atoms with van der Waals surface area (Å²) in [7, 11) is 1.57. The summed E-state index contributed by atoms with van der Waals surface area (Å²) in [6, 6.07) is 5.03. The number of benzene rings is 1. The Morgan fingerprint density at radius 1 is 1.17 bits per heavy atom. The van der Waals surface area contributed by atoms with Gasteiger partial charge in [0.1, 0.15) is 5.75 Å². The lowest BCUT2D eigenvalue weighted by Gasteiger charge is -2.31. The molecule has 0 fully saturated rings. The topological polar surface area (TPSA) is 67.6 Å². The van der Waals surface area contributed by atoms with Gasteiger partial charge in [0.25, 0.3) is 0 Å². The summed E-state index contributed by atoms with van der Waals surface area (Å²) in [5, 5.41) is 2.95. The maximum Gasteiger partial charge on any atom is 0.241 e. The quantitative estimate of drug-likeness (QED) is 0.721. The van der Waals surface area contributed by atoms with Crippen LogP contribution in [0, 0.1) is 11.8 Å². The molecular formula is C18H31N3O2. The first-order valence-electron chi connectivity index (χ1n) is 8.23. The van der Waals surface area contributed by atoms with Gasteiger partial charge in [-0.1, -0.05) is 27.7 Å². The molecule has 5 heteroatoms. The normalized spacial score (nSPS) is 12.7. The number of nitrogens with one attached hydrogen (secondary N) is 1. The van der Waals surface area contributed by atoms with Crippen LogP contribution >= 0.6 is 0 Å². The van der Waals surface area contributed by atoms with E-state index in [9.17, 15) is 4.79 Å². The number of ether oxygens (including phenoxy) is 1. The second kappa shape index (κ2) is 8.77. The number of nitrogens with zero attached hydrogens (tertiary/aromatic N) is 1. The van der Waals surface area contributed by atoms with Gasteiger partial charge in [0.15, 0.2) is 0 Å². The van der Waals surface area contributed by atoms with E-state index >= 15 is 0 Å². The summed E-state index contributed by atoms with van der Waals surface area (Å²) < 4.78 is 5.29. The van der Waals surface area contributed by atoms with E-state index in [1.807, 2.05) is 6.92 Å². The molecule has 0 aliphatic heterocycles. The van der Waals surface area contributed by atoms with Crippen LogP contribution in [0.3, 0.4) is 0 Å². The lowest BCUT2D eigenvalue weighted by atomic mass is 10.1. The number of hydrogen-bond donors (Lipinski definition) is 2. The number of carbonyl (C=O) groups is 1. The molecular weight excluding hydrogens is 290 g/mol. The summed E-state index contributed by atoms with van der Waals surface area (Å²) in [6.45, 7) is 12.4. The van der Waals surface area contributed by atoms with Crippen LogP contribution in [0.15, 0.2) is 18.2 Å². The van der Waals surface area contributed by atoms with Gasteiger partial charge in [0.2, 0.25) is 5.91 Å². The van der Waals surface area contributed by atoms with E-state index in [2.05, 4.69) is 37.9 Å². The van der Waals surface area contributed by atoms with E-state index in [4.69, 9.17) is 10.5 Å². The summed E-state index contributed by atoms with van der Waals surface area (Å²) in [5.41, 5.74) is 7.00. The molecule has 1 unspecified atom stereocenters. The molecule has 0 aliphatic rings. The van der Waals surface area contributed by atoms with Crippen LogP contribution < -0.4 is 15.8 Å². The molecule has 5 nitrogen and oxygen atoms in total. The third kappa shape index (κ3) is 6.10. The molecule has 1 aromatic rings. The minimum Gasteiger partial charge on any atom is -0.494 e. The van der Waals surface area contributed by atoms with Gasteiger partial charge in [0.05, 0.1) is 18.8 Å². The molecule has 0 heterocycles. The Kier molecular flexibility index (Phi) is 7.36. The third-order valence-electron chi connectivity index (χ3n) is 3.61. The summed E-state index contributed by atoms with van der Waals surface area (Å²) >= 11 is 0. The summed E-state index contributed by atoms with van der Waals surface area (Å²) in [5.74, 6) is 1.56. The molecule has 0 spiro atoms. The van der Waals surface area contributed by atoms with Gasteiger partial charge in [-0.05, 0) is 30.9 Å². The second-order valence-electron chi connectivity index (χ2n) is 6.87. The largest absolute Gasteiger partial charge is 0.494 e. The van der Waals surface area contributed by atoms with Crippen molar-refractivity contribution in [2.45, 2.75) is 40.7 Å². The molecule has 1 aromatic carbocycles. The number of amides is 1. The number of nitrogen functional groups attached to an aromatic ring is 1. The Bertz CT molecular complexity index is 505. The second-order valence-corrected chi connectivity index (χ2v) is 6.87. The van der Waals surface area contributed by atoms with E-state index in [1.165, 1.54) is 0 Å². The molecule has 3 N–H and O–H groups in total. The van der Waals surface area contributed by atoms with E-state index in [1.54, 1.807) is 25.3 Å². The van der Waals surface area contributed by atoms with Crippen molar-refractivity contribution in [3.05, 3.63) is 18.2 Å². The molecule has 0 saturated heterocycles. The maximum absolute atomic E-state index is 12.6. The van der Waals surface area contributed by atoms with E-state index < -0.39 is 0 Å². The van der Waals surface area contributed by atoms with Crippen molar-refractivity contribution in [2.75, 3.05) is 31.2 Å². The van der Waals surface area contributed by atoms with Crippen molar-refractivity contribution >= 4 is 17.3 Å². The Labute approximate surface area is 140 Å². The fourth-order valence-corrected chi connectivity index (χ4v) is 2.54. The molecule has 0 aromatic heterocycles.